The van der Waals surface area contributed by atoms with Crippen LogP contribution in [0.5, 0.6) is 0 Å². The third kappa shape index (κ3) is 3.91. The van der Waals surface area contributed by atoms with Crippen molar-refractivity contribution in [1.82, 2.24) is 13.9 Å². The van der Waals surface area contributed by atoms with Gasteiger partial charge in [-0.2, -0.15) is 0 Å². The average molecular weight is 421 g/mol. The van der Waals surface area contributed by atoms with Gasteiger partial charge in [-0.05, 0) is 38.1 Å². The van der Waals surface area contributed by atoms with Gasteiger partial charge in [0, 0.05) is 20.6 Å². The number of aliphatic hydroxyl groups excluding tert-OH is 1. The second kappa shape index (κ2) is 7.97. The maximum Gasteiger partial charge on any atom is 0.342 e. The molecule has 3 rings (SSSR count). The summed E-state index contributed by atoms with van der Waals surface area (Å²) >= 11 is 0. The first-order chi connectivity index (χ1) is 13.7. The van der Waals surface area contributed by atoms with Crippen LogP contribution in [0.15, 0.2) is 33.6 Å². The van der Waals surface area contributed by atoms with Gasteiger partial charge in [0.05, 0.1) is 15.9 Å². The number of fused-ring (bicyclic) bond motifs is 1. The van der Waals surface area contributed by atoms with E-state index in [0.717, 1.165) is 9.82 Å². The Bertz CT molecular complexity index is 1160. The highest BCUT2D eigenvalue weighted by Crippen LogP contribution is 2.23. The quantitative estimate of drug-likeness (QED) is 0.581. The average Bonchev–Trinajstić information content (AvgIpc) is 3.24. The van der Waals surface area contributed by atoms with Crippen LogP contribution in [0.4, 0.5) is 0 Å². The first kappa shape index (κ1) is 21.0. The summed E-state index contributed by atoms with van der Waals surface area (Å²) in [6.45, 7) is 3.71. The van der Waals surface area contributed by atoms with Crippen LogP contribution in [0.25, 0.3) is 11.0 Å². The van der Waals surface area contributed by atoms with Crippen LogP contribution in [0, 0.1) is 6.92 Å². The van der Waals surface area contributed by atoms with Crippen molar-refractivity contribution in [2.24, 2.45) is 0 Å². The van der Waals surface area contributed by atoms with Gasteiger partial charge in [0.25, 0.3) is 0 Å². The molecule has 0 atom stereocenters. The number of benzene rings is 1. The van der Waals surface area contributed by atoms with Crippen molar-refractivity contribution in [3.05, 3.63) is 47.2 Å². The predicted molar refractivity (Wildman–Crippen MR) is 105 cm³/mol. The number of furan rings is 1. The molecule has 0 spiro atoms. The SMILES string of the molecule is CCn1c(COC(=O)c2cc(CO)oc2C)nc2cc(S(=O)(=O)N(C)C)ccc21. The Morgan fingerprint density at radius 3 is 2.62 bits per heavy atom. The second-order valence-corrected chi connectivity index (χ2v) is 8.78. The number of imidazole rings is 1. The fourth-order valence-electron chi connectivity index (χ4n) is 3.03. The molecule has 9 nitrogen and oxygen atoms in total. The molecule has 0 fully saturated rings. The van der Waals surface area contributed by atoms with E-state index < -0.39 is 16.0 Å². The molecule has 2 heterocycles. The molecular formula is C19H23N3O6S. The maximum atomic E-state index is 12.4. The third-order valence-corrected chi connectivity index (χ3v) is 6.38. The highest BCUT2D eigenvalue weighted by molar-refractivity contribution is 7.89. The summed E-state index contributed by atoms with van der Waals surface area (Å²) in [6, 6.07) is 6.18. The van der Waals surface area contributed by atoms with Gasteiger partial charge in [-0.1, -0.05) is 0 Å². The molecule has 0 bridgehead atoms. The Morgan fingerprint density at radius 1 is 1.31 bits per heavy atom. The van der Waals surface area contributed by atoms with Gasteiger partial charge in [-0.25, -0.2) is 22.5 Å². The minimum Gasteiger partial charge on any atom is -0.463 e. The Balaban J connectivity index is 1.89. The normalized spacial score (nSPS) is 12.1. The number of aliphatic hydroxyl groups is 1. The highest BCUT2D eigenvalue weighted by Gasteiger charge is 2.21. The van der Waals surface area contributed by atoms with Crippen LogP contribution in [-0.4, -0.2) is 47.4 Å². The van der Waals surface area contributed by atoms with E-state index >= 15 is 0 Å². The number of sulfonamides is 1. The fourth-order valence-corrected chi connectivity index (χ4v) is 3.95. The van der Waals surface area contributed by atoms with Crippen LogP contribution in [0.1, 0.15) is 34.6 Å². The monoisotopic (exact) mass is 421 g/mol. The lowest BCUT2D eigenvalue weighted by molar-refractivity contribution is 0.0456. The number of hydrogen-bond donors (Lipinski definition) is 1. The molecule has 2 aromatic heterocycles. The Labute approximate surface area is 168 Å². The third-order valence-electron chi connectivity index (χ3n) is 4.57. The summed E-state index contributed by atoms with van der Waals surface area (Å²) in [5.74, 6) is 0.557. The summed E-state index contributed by atoms with van der Waals surface area (Å²) in [5, 5.41) is 9.12. The zero-order valence-electron chi connectivity index (χ0n) is 16.7. The van der Waals surface area contributed by atoms with Crippen molar-refractivity contribution < 1.29 is 27.5 Å². The first-order valence-electron chi connectivity index (χ1n) is 8.98. The van der Waals surface area contributed by atoms with E-state index in [9.17, 15) is 13.2 Å². The summed E-state index contributed by atoms with van der Waals surface area (Å²) < 4.78 is 38.4. The number of aromatic nitrogens is 2. The molecule has 0 saturated heterocycles. The van der Waals surface area contributed by atoms with Crippen molar-refractivity contribution in [3.63, 3.8) is 0 Å². The zero-order chi connectivity index (χ0) is 21.3. The molecule has 1 N–H and O–H groups in total. The number of ether oxygens (including phenoxy) is 1. The lowest BCUT2D eigenvalue weighted by Crippen LogP contribution is -2.22. The molecule has 10 heteroatoms. The number of esters is 1. The van der Waals surface area contributed by atoms with Crippen molar-refractivity contribution in [3.8, 4) is 0 Å². The van der Waals surface area contributed by atoms with Crippen molar-refractivity contribution in [2.45, 2.75) is 38.5 Å². The van der Waals surface area contributed by atoms with Crippen LogP contribution in [-0.2, 0) is 34.5 Å². The summed E-state index contributed by atoms with van der Waals surface area (Å²) in [6.07, 6.45) is 0. The number of carbonyl (C=O) groups is 1. The molecular weight excluding hydrogens is 398 g/mol. The standard InChI is InChI=1S/C19H23N3O6S/c1-5-22-17-7-6-14(29(25,26)21(3)4)9-16(17)20-18(22)11-27-19(24)15-8-13(10-23)28-12(15)2/h6-9,23H,5,10-11H2,1-4H3. The lowest BCUT2D eigenvalue weighted by atomic mass is 10.2. The van der Waals surface area contributed by atoms with E-state index in [2.05, 4.69) is 4.98 Å². The van der Waals surface area contributed by atoms with E-state index in [1.807, 2.05) is 11.5 Å². The van der Waals surface area contributed by atoms with Gasteiger partial charge in [-0.3, -0.25) is 0 Å². The molecule has 0 radical (unpaired) electrons. The molecule has 0 unspecified atom stereocenters. The lowest BCUT2D eigenvalue weighted by Gasteiger charge is -2.11. The summed E-state index contributed by atoms with van der Waals surface area (Å²) in [7, 11) is -0.643. The van der Waals surface area contributed by atoms with Crippen LogP contribution >= 0.6 is 0 Å². The van der Waals surface area contributed by atoms with Crippen molar-refractivity contribution in [2.75, 3.05) is 14.1 Å². The summed E-state index contributed by atoms with van der Waals surface area (Å²) in [5.41, 5.74) is 1.49. The zero-order valence-corrected chi connectivity index (χ0v) is 17.5. The largest absolute Gasteiger partial charge is 0.463 e. The Hall–Kier alpha value is -2.69. The molecule has 0 amide bonds. The van der Waals surface area contributed by atoms with Crippen LogP contribution in [0.3, 0.4) is 0 Å². The molecule has 0 aliphatic carbocycles. The molecule has 0 aliphatic rings. The van der Waals surface area contributed by atoms with Crippen LogP contribution in [0.2, 0.25) is 0 Å². The number of rotatable bonds is 7. The smallest absolute Gasteiger partial charge is 0.342 e. The van der Waals surface area contributed by atoms with Gasteiger partial charge >= 0.3 is 5.97 Å². The Morgan fingerprint density at radius 2 is 2.03 bits per heavy atom. The van der Waals surface area contributed by atoms with Crippen molar-refractivity contribution >= 4 is 27.0 Å². The Kier molecular flexibility index (Phi) is 5.78. The fraction of sp³-hybridized carbons (Fsp3) is 0.368. The maximum absolute atomic E-state index is 12.4. The molecule has 156 valence electrons. The van der Waals surface area contributed by atoms with Crippen molar-refractivity contribution in [1.29, 1.82) is 0 Å². The second-order valence-electron chi connectivity index (χ2n) is 6.63. The topological polar surface area (TPSA) is 115 Å². The number of carbonyl (C=O) groups excluding carboxylic acids is 1. The number of aryl methyl sites for hydroxylation is 2. The van der Waals surface area contributed by atoms with Gasteiger partial charge in [-0.15, -0.1) is 0 Å². The predicted octanol–water partition coefficient (Wildman–Crippen LogP) is 2.06. The number of nitrogens with zero attached hydrogens (tertiary/aromatic N) is 3. The minimum atomic E-state index is -3.58. The molecule has 3 aromatic rings. The summed E-state index contributed by atoms with van der Waals surface area (Å²) in [4.78, 5) is 17.0. The van der Waals surface area contributed by atoms with E-state index in [-0.39, 0.29) is 29.4 Å². The van der Waals surface area contributed by atoms with Crippen LogP contribution < -0.4 is 0 Å². The van der Waals surface area contributed by atoms with E-state index in [0.29, 0.717) is 23.6 Å². The van der Waals surface area contributed by atoms with Gasteiger partial charge < -0.3 is 18.8 Å². The highest BCUT2D eigenvalue weighted by atomic mass is 32.2. The molecule has 0 aliphatic heterocycles. The van der Waals surface area contributed by atoms with Gasteiger partial charge in [0.15, 0.2) is 0 Å². The minimum absolute atomic E-state index is 0.0871. The molecule has 0 saturated carbocycles. The van der Waals surface area contributed by atoms with Gasteiger partial charge in [0.2, 0.25) is 10.0 Å². The van der Waals surface area contributed by atoms with E-state index in [1.165, 1.54) is 32.3 Å². The van der Waals surface area contributed by atoms with E-state index in [1.54, 1.807) is 13.0 Å². The molecule has 29 heavy (non-hydrogen) atoms. The van der Waals surface area contributed by atoms with Gasteiger partial charge in [0.1, 0.15) is 36.1 Å². The first-order valence-corrected chi connectivity index (χ1v) is 10.4. The van der Waals surface area contributed by atoms with E-state index in [4.69, 9.17) is 14.3 Å². The molecule has 1 aromatic carbocycles. The number of hydrogen-bond acceptors (Lipinski definition) is 7.